The molecule has 0 unspecified atom stereocenters. The molecule has 5 nitrogen and oxygen atoms in total. The van der Waals surface area contributed by atoms with Gasteiger partial charge in [0.05, 0.1) is 12.2 Å². The first-order chi connectivity index (χ1) is 10.9. The molecule has 1 saturated carbocycles. The number of nitrogens with zero attached hydrogens (tertiary/aromatic N) is 3. The zero-order valence-corrected chi connectivity index (χ0v) is 14.0. The van der Waals surface area contributed by atoms with E-state index in [2.05, 4.69) is 5.10 Å². The minimum absolute atomic E-state index is 0.0698. The molecule has 0 saturated heterocycles. The van der Waals surface area contributed by atoms with Crippen LogP contribution in [0.5, 0.6) is 0 Å². The maximum atomic E-state index is 14.1. The predicted octanol–water partition coefficient (Wildman–Crippen LogP) is 2.96. The fraction of sp³-hybridized carbons (Fsp3) is 0.438. The highest BCUT2D eigenvalue weighted by atomic mass is 32.2. The molecule has 0 radical (unpaired) electrons. The number of aryl methyl sites for hydroxylation is 1. The van der Waals surface area contributed by atoms with Crippen LogP contribution in [0, 0.1) is 5.82 Å². The minimum Gasteiger partial charge on any atom is -0.272 e. The average Bonchev–Trinajstić information content (AvgIpc) is 3.21. The Balaban J connectivity index is 2.00. The highest BCUT2D eigenvalue weighted by Gasteiger charge is 2.42. The standard InChI is InChI=1S/C16H20FN3O2S/c1-3-19-11-14(10-18-19)23(21,22)20(13-8-9-13)12(2)15-6-4-5-7-16(15)17/h4-7,10-13H,3,8-9H2,1-2H3/t12-/m1/s1. The summed E-state index contributed by atoms with van der Waals surface area (Å²) < 4.78 is 43.1. The molecule has 7 heteroatoms. The van der Waals surface area contributed by atoms with Crippen LogP contribution in [0.1, 0.15) is 38.3 Å². The van der Waals surface area contributed by atoms with Crippen molar-refractivity contribution in [1.82, 2.24) is 14.1 Å². The molecule has 0 bridgehead atoms. The SMILES string of the molecule is CCn1cc(S(=O)(=O)N(C2CC2)[C@H](C)c2ccccc2F)cn1. The lowest BCUT2D eigenvalue weighted by atomic mass is 10.1. The maximum absolute atomic E-state index is 14.1. The lowest BCUT2D eigenvalue weighted by Crippen LogP contribution is -2.35. The summed E-state index contributed by atoms with van der Waals surface area (Å²) in [4.78, 5) is 0.162. The summed E-state index contributed by atoms with van der Waals surface area (Å²) in [5.74, 6) is -0.384. The fourth-order valence-electron chi connectivity index (χ4n) is 2.77. The summed E-state index contributed by atoms with van der Waals surface area (Å²) in [5, 5.41) is 4.05. The van der Waals surface area contributed by atoms with Gasteiger partial charge in [-0.25, -0.2) is 12.8 Å². The summed E-state index contributed by atoms with van der Waals surface area (Å²) in [6.45, 7) is 4.23. The molecule has 0 amide bonds. The first kappa shape index (κ1) is 16.1. The number of benzene rings is 1. The Morgan fingerprint density at radius 1 is 1.39 bits per heavy atom. The molecule has 0 aliphatic heterocycles. The zero-order valence-electron chi connectivity index (χ0n) is 13.2. The van der Waals surface area contributed by atoms with E-state index in [9.17, 15) is 12.8 Å². The van der Waals surface area contributed by atoms with E-state index in [0.717, 1.165) is 12.8 Å². The second-order valence-corrected chi connectivity index (χ2v) is 7.64. The van der Waals surface area contributed by atoms with Crippen LogP contribution in [0.25, 0.3) is 0 Å². The number of rotatable bonds is 6. The van der Waals surface area contributed by atoms with Crippen molar-refractivity contribution >= 4 is 10.0 Å². The van der Waals surface area contributed by atoms with Crippen LogP contribution in [0.3, 0.4) is 0 Å². The molecule has 1 aromatic heterocycles. The van der Waals surface area contributed by atoms with Crippen molar-refractivity contribution in [2.45, 2.75) is 50.2 Å². The number of hydrogen-bond donors (Lipinski definition) is 0. The quantitative estimate of drug-likeness (QED) is 0.814. The summed E-state index contributed by atoms with van der Waals surface area (Å²) in [5.41, 5.74) is 0.394. The largest absolute Gasteiger partial charge is 0.272 e. The molecule has 1 aromatic carbocycles. The van der Waals surface area contributed by atoms with E-state index >= 15 is 0 Å². The van der Waals surface area contributed by atoms with Crippen LogP contribution in [0.4, 0.5) is 4.39 Å². The van der Waals surface area contributed by atoms with E-state index in [1.807, 2.05) is 6.92 Å². The first-order valence-corrected chi connectivity index (χ1v) is 9.19. The Labute approximate surface area is 135 Å². The summed E-state index contributed by atoms with van der Waals surface area (Å²) in [7, 11) is -3.71. The van der Waals surface area contributed by atoms with Crippen LogP contribution in [0.2, 0.25) is 0 Å². The zero-order chi connectivity index (χ0) is 16.6. The van der Waals surface area contributed by atoms with Crippen LogP contribution >= 0.6 is 0 Å². The molecular formula is C16H20FN3O2S. The Morgan fingerprint density at radius 2 is 2.09 bits per heavy atom. The highest BCUT2D eigenvalue weighted by molar-refractivity contribution is 7.89. The van der Waals surface area contributed by atoms with Gasteiger partial charge >= 0.3 is 0 Å². The maximum Gasteiger partial charge on any atom is 0.247 e. The van der Waals surface area contributed by atoms with Gasteiger partial charge in [0.15, 0.2) is 0 Å². The molecule has 1 heterocycles. The van der Waals surface area contributed by atoms with Crippen molar-refractivity contribution in [3.8, 4) is 0 Å². The fourth-order valence-corrected chi connectivity index (χ4v) is 4.58. The van der Waals surface area contributed by atoms with Gasteiger partial charge in [-0.2, -0.15) is 9.40 Å². The Kier molecular flexibility index (Phi) is 4.25. The lowest BCUT2D eigenvalue weighted by Gasteiger charge is -2.28. The molecule has 0 N–H and O–H groups in total. The Bertz CT molecular complexity index is 799. The summed E-state index contributed by atoms with van der Waals surface area (Å²) >= 11 is 0. The van der Waals surface area contributed by atoms with Crippen molar-refractivity contribution < 1.29 is 12.8 Å². The third-order valence-corrected chi connectivity index (χ3v) is 6.13. The van der Waals surface area contributed by atoms with Crippen LogP contribution < -0.4 is 0 Å². The first-order valence-electron chi connectivity index (χ1n) is 7.75. The summed E-state index contributed by atoms with van der Waals surface area (Å²) in [6.07, 6.45) is 4.50. The van der Waals surface area contributed by atoms with Gasteiger partial charge in [0, 0.05) is 24.3 Å². The molecule has 3 rings (SSSR count). The second-order valence-electron chi connectivity index (χ2n) is 5.80. The average molecular weight is 337 g/mol. The molecule has 0 spiro atoms. The third kappa shape index (κ3) is 3.03. The van der Waals surface area contributed by atoms with Crippen molar-refractivity contribution in [2.75, 3.05) is 0 Å². The van der Waals surface area contributed by atoms with E-state index in [0.29, 0.717) is 12.1 Å². The van der Waals surface area contributed by atoms with Crippen molar-refractivity contribution in [2.24, 2.45) is 0 Å². The third-order valence-electron chi connectivity index (χ3n) is 4.15. The molecule has 1 fully saturated rings. The second kappa shape index (κ2) is 6.05. The van der Waals surface area contributed by atoms with Crippen LogP contribution in [0.15, 0.2) is 41.6 Å². The predicted molar refractivity (Wildman–Crippen MR) is 84.8 cm³/mol. The van der Waals surface area contributed by atoms with Crippen LogP contribution in [-0.4, -0.2) is 28.5 Å². The number of sulfonamides is 1. The Hall–Kier alpha value is -1.73. The minimum atomic E-state index is -3.71. The molecule has 2 aromatic rings. The van der Waals surface area contributed by atoms with Gasteiger partial charge in [-0.15, -0.1) is 0 Å². The molecule has 1 aliphatic rings. The Morgan fingerprint density at radius 3 is 2.65 bits per heavy atom. The molecule has 1 atom stereocenters. The normalized spacial score (nSPS) is 16.7. The van der Waals surface area contributed by atoms with Crippen molar-refractivity contribution in [3.63, 3.8) is 0 Å². The van der Waals surface area contributed by atoms with Crippen LogP contribution in [-0.2, 0) is 16.6 Å². The van der Waals surface area contributed by atoms with E-state index in [4.69, 9.17) is 0 Å². The van der Waals surface area contributed by atoms with Gasteiger partial charge in [0.1, 0.15) is 10.7 Å². The van der Waals surface area contributed by atoms with E-state index < -0.39 is 16.1 Å². The smallest absolute Gasteiger partial charge is 0.247 e. The lowest BCUT2D eigenvalue weighted by molar-refractivity contribution is 0.327. The van der Waals surface area contributed by atoms with E-state index in [1.165, 1.54) is 22.8 Å². The van der Waals surface area contributed by atoms with E-state index in [1.54, 1.807) is 29.8 Å². The molecular weight excluding hydrogens is 317 g/mol. The number of hydrogen-bond acceptors (Lipinski definition) is 3. The monoisotopic (exact) mass is 337 g/mol. The number of aromatic nitrogens is 2. The highest BCUT2D eigenvalue weighted by Crippen LogP contribution is 2.39. The van der Waals surface area contributed by atoms with Crippen molar-refractivity contribution in [3.05, 3.63) is 48.0 Å². The van der Waals surface area contributed by atoms with Gasteiger partial charge < -0.3 is 0 Å². The topological polar surface area (TPSA) is 55.2 Å². The van der Waals surface area contributed by atoms with Gasteiger partial charge in [0.2, 0.25) is 10.0 Å². The van der Waals surface area contributed by atoms with Gasteiger partial charge in [-0.3, -0.25) is 4.68 Å². The molecule has 23 heavy (non-hydrogen) atoms. The number of halogens is 1. The van der Waals surface area contributed by atoms with Gasteiger partial charge in [-0.1, -0.05) is 18.2 Å². The summed E-state index contributed by atoms with van der Waals surface area (Å²) in [6, 6.07) is 5.70. The van der Waals surface area contributed by atoms with Gasteiger partial charge in [0.25, 0.3) is 0 Å². The molecule has 124 valence electrons. The van der Waals surface area contributed by atoms with E-state index in [-0.39, 0.29) is 16.8 Å². The molecule has 1 aliphatic carbocycles. The van der Waals surface area contributed by atoms with Crippen molar-refractivity contribution in [1.29, 1.82) is 0 Å². The van der Waals surface area contributed by atoms with Gasteiger partial charge in [-0.05, 0) is 32.8 Å².